The Kier molecular flexibility index (Phi) is 4.12. The molecule has 2 aromatic carbocycles. The van der Waals surface area contributed by atoms with Crippen molar-refractivity contribution in [3.8, 4) is 5.75 Å². The van der Waals surface area contributed by atoms with Crippen LogP contribution >= 0.6 is 11.6 Å². The van der Waals surface area contributed by atoms with Gasteiger partial charge in [0.15, 0.2) is 11.6 Å². The van der Waals surface area contributed by atoms with Crippen LogP contribution in [-0.2, 0) is 6.54 Å². The molecule has 0 fully saturated rings. The minimum absolute atomic E-state index is 0.149. The van der Waals surface area contributed by atoms with E-state index in [4.69, 9.17) is 22.1 Å². The first-order valence-electron chi connectivity index (χ1n) is 5.72. The molecular formula is C14H14ClFN2O. The highest BCUT2D eigenvalue weighted by molar-refractivity contribution is 6.31. The highest BCUT2D eigenvalue weighted by atomic mass is 35.5. The number of nitrogens with two attached hydrogens (primary N) is 1. The Labute approximate surface area is 116 Å². The Morgan fingerprint density at radius 3 is 2.74 bits per heavy atom. The number of rotatable bonds is 4. The number of benzene rings is 2. The van der Waals surface area contributed by atoms with E-state index in [1.807, 2.05) is 24.3 Å². The molecule has 2 rings (SSSR count). The fourth-order valence-electron chi connectivity index (χ4n) is 1.71. The topological polar surface area (TPSA) is 47.3 Å². The van der Waals surface area contributed by atoms with Gasteiger partial charge in [-0.05, 0) is 11.6 Å². The van der Waals surface area contributed by atoms with Gasteiger partial charge in [0.25, 0.3) is 0 Å². The number of ether oxygens (including phenoxy) is 1. The van der Waals surface area contributed by atoms with Crippen LogP contribution in [0.25, 0.3) is 0 Å². The Morgan fingerprint density at radius 2 is 2.05 bits per heavy atom. The molecule has 0 saturated heterocycles. The summed E-state index contributed by atoms with van der Waals surface area (Å²) in [6.45, 7) is 0.499. The highest BCUT2D eigenvalue weighted by Crippen LogP contribution is 2.28. The molecule has 0 unspecified atom stereocenters. The summed E-state index contributed by atoms with van der Waals surface area (Å²) in [4.78, 5) is 0. The number of nitrogen functional groups attached to an aromatic ring is 1. The average molecular weight is 281 g/mol. The van der Waals surface area contributed by atoms with Crippen molar-refractivity contribution in [1.82, 2.24) is 0 Å². The normalized spacial score (nSPS) is 10.3. The second-order valence-corrected chi connectivity index (χ2v) is 4.43. The largest absolute Gasteiger partial charge is 0.494 e. The van der Waals surface area contributed by atoms with E-state index in [1.54, 1.807) is 0 Å². The van der Waals surface area contributed by atoms with Crippen LogP contribution in [0.15, 0.2) is 36.4 Å². The molecule has 100 valence electrons. The van der Waals surface area contributed by atoms with Crippen molar-refractivity contribution in [3.05, 3.63) is 52.8 Å². The van der Waals surface area contributed by atoms with Crippen molar-refractivity contribution in [3.63, 3.8) is 0 Å². The zero-order valence-corrected chi connectivity index (χ0v) is 11.2. The zero-order valence-electron chi connectivity index (χ0n) is 10.4. The first-order valence-corrected chi connectivity index (χ1v) is 6.10. The lowest BCUT2D eigenvalue weighted by Crippen LogP contribution is -2.04. The molecule has 19 heavy (non-hydrogen) atoms. The van der Waals surface area contributed by atoms with E-state index in [0.29, 0.717) is 22.9 Å². The van der Waals surface area contributed by atoms with Crippen LogP contribution in [0.3, 0.4) is 0 Å². The van der Waals surface area contributed by atoms with Gasteiger partial charge in [0, 0.05) is 23.7 Å². The molecule has 0 atom stereocenters. The quantitative estimate of drug-likeness (QED) is 0.840. The van der Waals surface area contributed by atoms with E-state index >= 15 is 0 Å². The first-order chi connectivity index (χ1) is 9.11. The van der Waals surface area contributed by atoms with Crippen molar-refractivity contribution in [2.75, 3.05) is 18.2 Å². The lowest BCUT2D eigenvalue weighted by molar-refractivity contribution is 0.387. The van der Waals surface area contributed by atoms with E-state index in [2.05, 4.69) is 5.32 Å². The van der Waals surface area contributed by atoms with Crippen LogP contribution in [0.1, 0.15) is 5.56 Å². The molecule has 0 aliphatic rings. The Balaban J connectivity index is 2.18. The summed E-state index contributed by atoms with van der Waals surface area (Å²) < 4.78 is 18.3. The molecular weight excluding hydrogens is 267 g/mol. The first kappa shape index (κ1) is 13.5. The van der Waals surface area contributed by atoms with Crippen molar-refractivity contribution in [1.29, 1.82) is 0 Å². The number of methoxy groups -OCH3 is 1. The number of hydrogen-bond acceptors (Lipinski definition) is 3. The van der Waals surface area contributed by atoms with Crippen LogP contribution in [-0.4, -0.2) is 7.11 Å². The summed E-state index contributed by atoms with van der Waals surface area (Å²) in [6, 6.07) is 10.2. The van der Waals surface area contributed by atoms with Crippen molar-refractivity contribution < 1.29 is 9.13 Å². The summed E-state index contributed by atoms with van der Waals surface area (Å²) in [5.74, 6) is -0.334. The molecule has 0 bridgehead atoms. The van der Waals surface area contributed by atoms with Gasteiger partial charge in [-0.3, -0.25) is 0 Å². The minimum Gasteiger partial charge on any atom is -0.494 e. The molecule has 0 aliphatic heterocycles. The molecule has 3 nitrogen and oxygen atoms in total. The fraction of sp³-hybridized carbons (Fsp3) is 0.143. The predicted molar refractivity (Wildman–Crippen MR) is 76.1 cm³/mol. The van der Waals surface area contributed by atoms with Gasteiger partial charge in [0.1, 0.15) is 0 Å². The molecule has 0 heterocycles. The van der Waals surface area contributed by atoms with Crippen LogP contribution in [0.2, 0.25) is 5.02 Å². The van der Waals surface area contributed by atoms with Gasteiger partial charge < -0.3 is 15.8 Å². The third-order valence-electron chi connectivity index (χ3n) is 2.75. The van der Waals surface area contributed by atoms with E-state index in [-0.39, 0.29) is 5.75 Å². The van der Waals surface area contributed by atoms with Crippen LogP contribution in [0.4, 0.5) is 15.8 Å². The number of halogens is 2. The molecule has 0 radical (unpaired) electrons. The summed E-state index contributed by atoms with van der Waals surface area (Å²) >= 11 is 6.06. The average Bonchev–Trinajstić information content (AvgIpc) is 2.39. The summed E-state index contributed by atoms with van der Waals surface area (Å²) in [6.07, 6.45) is 0. The smallest absolute Gasteiger partial charge is 0.167 e. The van der Waals surface area contributed by atoms with Gasteiger partial charge in [-0.2, -0.15) is 0 Å². The van der Waals surface area contributed by atoms with Gasteiger partial charge in [-0.1, -0.05) is 29.8 Å². The standard InChI is InChI=1S/C14H14ClFN2O/c1-19-14-7-13(12(17)6-11(14)16)18-8-9-4-2-3-5-10(9)15/h2-7,18H,8,17H2,1H3. The fourth-order valence-corrected chi connectivity index (χ4v) is 1.91. The maximum absolute atomic E-state index is 13.4. The number of anilines is 2. The maximum Gasteiger partial charge on any atom is 0.167 e. The Hall–Kier alpha value is -1.94. The maximum atomic E-state index is 13.4. The SMILES string of the molecule is COc1cc(NCc2ccccc2Cl)c(N)cc1F. The van der Waals surface area contributed by atoms with Gasteiger partial charge in [0.2, 0.25) is 0 Å². The molecule has 0 saturated carbocycles. The number of hydrogen-bond donors (Lipinski definition) is 2. The van der Waals surface area contributed by atoms with E-state index in [0.717, 1.165) is 5.56 Å². The third-order valence-corrected chi connectivity index (χ3v) is 3.12. The second kappa shape index (κ2) is 5.80. The van der Waals surface area contributed by atoms with Crippen molar-refractivity contribution in [2.45, 2.75) is 6.54 Å². The second-order valence-electron chi connectivity index (χ2n) is 4.02. The Bertz CT molecular complexity index is 590. The lowest BCUT2D eigenvalue weighted by atomic mass is 10.2. The van der Waals surface area contributed by atoms with E-state index < -0.39 is 5.82 Å². The molecule has 0 aromatic heterocycles. The van der Waals surface area contributed by atoms with E-state index in [1.165, 1.54) is 19.2 Å². The Morgan fingerprint density at radius 1 is 1.32 bits per heavy atom. The predicted octanol–water partition coefficient (Wildman–Crippen LogP) is 3.68. The van der Waals surface area contributed by atoms with Gasteiger partial charge in [-0.25, -0.2) is 4.39 Å². The van der Waals surface area contributed by atoms with Gasteiger partial charge >= 0.3 is 0 Å². The lowest BCUT2D eigenvalue weighted by Gasteiger charge is -2.12. The molecule has 3 N–H and O–H groups in total. The van der Waals surface area contributed by atoms with E-state index in [9.17, 15) is 4.39 Å². The van der Waals surface area contributed by atoms with Crippen molar-refractivity contribution in [2.24, 2.45) is 0 Å². The van der Waals surface area contributed by atoms with Crippen LogP contribution in [0, 0.1) is 5.82 Å². The molecule has 0 aliphatic carbocycles. The summed E-state index contributed by atoms with van der Waals surface area (Å²) in [5.41, 5.74) is 7.63. The summed E-state index contributed by atoms with van der Waals surface area (Å²) in [7, 11) is 1.41. The zero-order chi connectivity index (χ0) is 13.8. The minimum atomic E-state index is -0.483. The van der Waals surface area contributed by atoms with Crippen LogP contribution < -0.4 is 15.8 Å². The summed E-state index contributed by atoms with van der Waals surface area (Å²) in [5, 5.41) is 3.78. The molecule has 0 spiro atoms. The third kappa shape index (κ3) is 3.09. The van der Waals surface area contributed by atoms with Gasteiger partial charge in [-0.15, -0.1) is 0 Å². The van der Waals surface area contributed by atoms with Crippen LogP contribution in [0.5, 0.6) is 5.75 Å². The molecule has 5 heteroatoms. The number of nitrogens with one attached hydrogen (secondary N) is 1. The molecule has 0 amide bonds. The highest BCUT2D eigenvalue weighted by Gasteiger charge is 2.08. The van der Waals surface area contributed by atoms with Crippen molar-refractivity contribution >= 4 is 23.0 Å². The van der Waals surface area contributed by atoms with Gasteiger partial charge in [0.05, 0.1) is 18.5 Å². The monoisotopic (exact) mass is 280 g/mol. The molecule has 2 aromatic rings.